The molecule has 0 spiro atoms. The van der Waals surface area contributed by atoms with Gasteiger partial charge in [-0.15, -0.1) is 0 Å². The first-order chi connectivity index (χ1) is 17.0. The predicted molar refractivity (Wildman–Crippen MR) is 144 cm³/mol. The number of imidazole rings is 1. The van der Waals surface area contributed by atoms with E-state index in [-0.39, 0.29) is 18.6 Å². The summed E-state index contributed by atoms with van der Waals surface area (Å²) in [6.45, 7) is 5.14. The van der Waals surface area contributed by atoms with Crippen molar-refractivity contribution >= 4 is 28.3 Å². The molecule has 1 unspecified atom stereocenters. The van der Waals surface area contributed by atoms with Gasteiger partial charge in [0.05, 0.1) is 22.2 Å². The Morgan fingerprint density at radius 3 is 2.57 bits per heavy atom. The summed E-state index contributed by atoms with van der Waals surface area (Å²) in [6, 6.07) is 20.4. The van der Waals surface area contributed by atoms with E-state index in [0.29, 0.717) is 11.4 Å². The number of H-pyrrole nitrogens is 1. The van der Waals surface area contributed by atoms with Crippen molar-refractivity contribution in [2.45, 2.75) is 45.1 Å². The van der Waals surface area contributed by atoms with E-state index in [2.05, 4.69) is 34.6 Å². The lowest BCUT2D eigenvalue weighted by molar-refractivity contribution is 0.243. The van der Waals surface area contributed by atoms with E-state index in [1.165, 1.54) is 12.8 Å². The number of aromatic amines is 1. The van der Waals surface area contributed by atoms with Crippen LogP contribution in [0.25, 0.3) is 22.2 Å². The summed E-state index contributed by atoms with van der Waals surface area (Å²) in [5.41, 5.74) is 5.80. The highest BCUT2D eigenvalue weighted by molar-refractivity contribution is 6.34. The number of aliphatic hydroxyl groups excluding tert-OH is 1. The number of ether oxygens (including phenoxy) is 1. The van der Waals surface area contributed by atoms with Crippen LogP contribution in [0.1, 0.15) is 50.4 Å². The number of nitrogens with zero attached hydrogens (tertiary/aromatic N) is 1. The van der Waals surface area contributed by atoms with Gasteiger partial charge in [-0.25, -0.2) is 4.98 Å². The molecule has 3 aromatic carbocycles. The molecule has 182 valence electrons. The summed E-state index contributed by atoms with van der Waals surface area (Å²) < 4.78 is 6.02. The van der Waals surface area contributed by atoms with Crippen LogP contribution >= 0.6 is 11.6 Å². The van der Waals surface area contributed by atoms with Crippen LogP contribution in [0.15, 0.2) is 60.7 Å². The number of para-hydroxylation sites is 1. The van der Waals surface area contributed by atoms with Gasteiger partial charge in [-0.05, 0) is 74.9 Å². The van der Waals surface area contributed by atoms with E-state index < -0.39 is 0 Å². The molecule has 0 radical (unpaired) electrons. The highest BCUT2D eigenvalue weighted by Gasteiger charge is 2.22. The average molecular weight is 490 g/mol. The topological polar surface area (TPSA) is 70.2 Å². The Morgan fingerprint density at radius 1 is 1.09 bits per heavy atom. The highest BCUT2D eigenvalue weighted by Crippen LogP contribution is 2.38. The molecule has 1 fully saturated rings. The minimum absolute atomic E-state index is 0.0383. The minimum Gasteiger partial charge on any atom is -0.490 e. The van der Waals surface area contributed by atoms with E-state index in [1.54, 1.807) is 0 Å². The molecule has 0 amide bonds. The number of benzene rings is 3. The first-order valence-corrected chi connectivity index (χ1v) is 12.8. The number of anilines is 1. The molecule has 1 aliphatic rings. The second-order valence-electron chi connectivity index (χ2n) is 9.65. The normalized spacial score (nSPS) is 14.4. The smallest absolute Gasteiger partial charge is 0.127 e. The van der Waals surface area contributed by atoms with Gasteiger partial charge in [-0.2, -0.15) is 0 Å². The van der Waals surface area contributed by atoms with Gasteiger partial charge in [0, 0.05) is 35.9 Å². The SMILES string of the molecule is CC(C)Oc1ccccc1-c1cc2nc(C(CCO)c3ccc(NCC4CC4)cc3)[nH]c2cc1Cl. The molecular formula is C29H32ClN3O2. The van der Waals surface area contributed by atoms with Crippen LogP contribution in [0.2, 0.25) is 5.02 Å². The summed E-state index contributed by atoms with van der Waals surface area (Å²) in [4.78, 5) is 8.39. The number of hydrogen-bond donors (Lipinski definition) is 3. The van der Waals surface area contributed by atoms with Crippen LogP contribution in [-0.4, -0.2) is 34.3 Å². The van der Waals surface area contributed by atoms with Gasteiger partial charge in [0.25, 0.3) is 0 Å². The number of rotatable bonds is 10. The maximum atomic E-state index is 9.79. The lowest BCUT2D eigenvalue weighted by Crippen LogP contribution is -2.07. The Hall–Kier alpha value is -3.02. The zero-order valence-corrected chi connectivity index (χ0v) is 21.0. The molecule has 0 bridgehead atoms. The fourth-order valence-electron chi connectivity index (χ4n) is 4.48. The zero-order chi connectivity index (χ0) is 24.4. The maximum absolute atomic E-state index is 9.79. The van der Waals surface area contributed by atoms with Crippen LogP contribution in [0.5, 0.6) is 5.75 Å². The number of aromatic nitrogens is 2. The first kappa shape index (κ1) is 23.7. The molecule has 1 atom stereocenters. The molecule has 0 aliphatic heterocycles. The van der Waals surface area contributed by atoms with Gasteiger partial charge in [-0.3, -0.25) is 0 Å². The van der Waals surface area contributed by atoms with E-state index in [4.69, 9.17) is 21.3 Å². The summed E-state index contributed by atoms with van der Waals surface area (Å²) >= 11 is 6.74. The zero-order valence-electron chi connectivity index (χ0n) is 20.2. The third-order valence-corrected chi connectivity index (χ3v) is 6.79. The highest BCUT2D eigenvalue weighted by atomic mass is 35.5. The first-order valence-electron chi connectivity index (χ1n) is 12.4. The van der Waals surface area contributed by atoms with E-state index in [9.17, 15) is 5.11 Å². The largest absolute Gasteiger partial charge is 0.490 e. The Bertz CT molecular complexity index is 1300. The van der Waals surface area contributed by atoms with Crippen molar-refractivity contribution in [1.29, 1.82) is 0 Å². The van der Waals surface area contributed by atoms with Crippen molar-refractivity contribution in [3.63, 3.8) is 0 Å². The molecule has 1 saturated carbocycles. The number of aliphatic hydroxyl groups is 1. The van der Waals surface area contributed by atoms with Crippen molar-refractivity contribution in [2.75, 3.05) is 18.5 Å². The summed E-state index contributed by atoms with van der Waals surface area (Å²) in [5.74, 6) is 2.41. The van der Waals surface area contributed by atoms with E-state index >= 15 is 0 Å². The molecule has 0 saturated heterocycles. The van der Waals surface area contributed by atoms with Crippen molar-refractivity contribution in [2.24, 2.45) is 5.92 Å². The molecule has 1 heterocycles. The Morgan fingerprint density at radius 2 is 1.86 bits per heavy atom. The number of hydrogen-bond acceptors (Lipinski definition) is 4. The van der Waals surface area contributed by atoms with E-state index in [1.807, 2.05) is 50.2 Å². The van der Waals surface area contributed by atoms with Crippen LogP contribution in [0.3, 0.4) is 0 Å². The van der Waals surface area contributed by atoms with Gasteiger partial charge in [0.1, 0.15) is 11.6 Å². The monoisotopic (exact) mass is 489 g/mol. The van der Waals surface area contributed by atoms with Crippen molar-refractivity contribution < 1.29 is 9.84 Å². The number of fused-ring (bicyclic) bond motifs is 1. The lowest BCUT2D eigenvalue weighted by atomic mass is 9.95. The molecule has 1 aromatic heterocycles. The maximum Gasteiger partial charge on any atom is 0.127 e. The Kier molecular flexibility index (Phi) is 6.98. The molecule has 35 heavy (non-hydrogen) atoms. The van der Waals surface area contributed by atoms with Crippen molar-refractivity contribution in [3.05, 3.63) is 77.1 Å². The van der Waals surface area contributed by atoms with Gasteiger partial charge >= 0.3 is 0 Å². The molecule has 5 rings (SSSR count). The molecule has 6 heteroatoms. The standard InChI is InChI=1S/C29H32ClN3O2/c1-18(2)35-28-6-4-3-5-23(28)24-15-26-27(16-25(24)30)33-29(32-26)22(13-14-34)20-9-11-21(12-10-20)31-17-19-7-8-19/h3-6,9-12,15-16,18-19,22,31,34H,7-8,13-14,17H2,1-2H3,(H,32,33). The second-order valence-corrected chi connectivity index (χ2v) is 10.1. The van der Waals surface area contributed by atoms with Crippen LogP contribution < -0.4 is 10.1 Å². The van der Waals surface area contributed by atoms with Crippen LogP contribution in [0.4, 0.5) is 5.69 Å². The van der Waals surface area contributed by atoms with Crippen molar-refractivity contribution in [3.8, 4) is 16.9 Å². The molecule has 5 nitrogen and oxygen atoms in total. The quantitative estimate of drug-likeness (QED) is 0.224. The van der Waals surface area contributed by atoms with Gasteiger partial charge in [0.2, 0.25) is 0 Å². The molecule has 4 aromatic rings. The molecule has 1 aliphatic carbocycles. The molecule has 3 N–H and O–H groups in total. The molecular weight excluding hydrogens is 458 g/mol. The Labute approximate surface area is 211 Å². The van der Waals surface area contributed by atoms with Crippen molar-refractivity contribution in [1.82, 2.24) is 9.97 Å². The summed E-state index contributed by atoms with van der Waals surface area (Å²) in [5, 5.41) is 13.9. The number of halogens is 1. The third-order valence-electron chi connectivity index (χ3n) is 6.48. The average Bonchev–Trinajstić information content (AvgIpc) is 3.59. The number of nitrogens with one attached hydrogen (secondary N) is 2. The fourth-order valence-corrected chi connectivity index (χ4v) is 4.74. The lowest BCUT2D eigenvalue weighted by Gasteiger charge is -2.15. The van der Waals surface area contributed by atoms with Crippen LogP contribution in [0, 0.1) is 5.92 Å². The fraction of sp³-hybridized carbons (Fsp3) is 0.345. The van der Waals surface area contributed by atoms with Gasteiger partial charge < -0.3 is 20.1 Å². The van der Waals surface area contributed by atoms with Gasteiger partial charge in [0.15, 0.2) is 0 Å². The second kappa shape index (κ2) is 10.3. The Balaban J connectivity index is 1.46. The third kappa shape index (κ3) is 5.47. The van der Waals surface area contributed by atoms with Gasteiger partial charge in [-0.1, -0.05) is 41.9 Å². The van der Waals surface area contributed by atoms with E-state index in [0.717, 1.165) is 57.4 Å². The predicted octanol–water partition coefficient (Wildman–Crippen LogP) is 7.01. The van der Waals surface area contributed by atoms with Crippen LogP contribution in [-0.2, 0) is 0 Å². The summed E-state index contributed by atoms with van der Waals surface area (Å²) in [7, 11) is 0. The minimum atomic E-state index is -0.0383. The summed E-state index contributed by atoms with van der Waals surface area (Å²) in [6.07, 6.45) is 3.31.